The molecule has 1 fully saturated rings. The number of aromatic amines is 1. The van der Waals surface area contributed by atoms with Crippen molar-refractivity contribution in [3.8, 4) is 0 Å². The summed E-state index contributed by atoms with van der Waals surface area (Å²) in [5.41, 5.74) is 2.31. The molecular weight excluding hydrogens is 266 g/mol. The van der Waals surface area contributed by atoms with Crippen molar-refractivity contribution in [3.63, 3.8) is 0 Å². The van der Waals surface area contributed by atoms with E-state index in [1.165, 1.54) is 0 Å². The van der Waals surface area contributed by atoms with Crippen molar-refractivity contribution in [1.29, 1.82) is 0 Å². The summed E-state index contributed by atoms with van der Waals surface area (Å²) in [5, 5.41) is 13.6. The number of amides is 2. The molecule has 2 heterocycles. The molecule has 108 valence electrons. The van der Waals surface area contributed by atoms with Crippen molar-refractivity contribution >= 4 is 22.8 Å². The molecule has 2 atom stereocenters. The molecule has 2 amide bonds. The summed E-state index contributed by atoms with van der Waals surface area (Å²) in [4.78, 5) is 14.3. The highest BCUT2D eigenvalue weighted by molar-refractivity contribution is 5.91. The number of fused-ring (bicyclic) bond motifs is 2. The first-order valence-corrected chi connectivity index (χ1v) is 7.31. The van der Waals surface area contributed by atoms with Crippen molar-refractivity contribution in [2.75, 3.05) is 18.4 Å². The van der Waals surface area contributed by atoms with E-state index in [0.29, 0.717) is 11.8 Å². The van der Waals surface area contributed by atoms with E-state index in [1.54, 1.807) is 0 Å². The van der Waals surface area contributed by atoms with E-state index in [4.69, 9.17) is 0 Å². The molecule has 0 unspecified atom stereocenters. The van der Waals surface area contributed by atoms with E-state index in [2.05, 4.69) is 32.9 Å². The first-order chi connectivity index (χ1) is 10.3. The molecule has 1 saturated heterocycles. The molecule has 21 heavy (non-hydrogen) atoms. The molecule has 0 radical (unpaired) electrons. The molecular formula is C15H17N5O. The molecule has 6 heteroatoms. The van der Waals surface area contributed by atoms with Crippen molar-refractivity contribution in [1.82, 2.24) is 20.3 Å². The minimum atomic E-state index is -0.0211. The number of anilines is 1. The quantitative estimate of drug-likeness (QED) is 0.789. The van der Waals surface area contributed by atoms with Gasteiger partial charge in [-0.25, -0.2) is 4.79 Å². The van der Waals surface area contributed by atoms with E-state index in [1.807, 2.05) is 23.1 Å². The number of likely N-dealkylation sites (tertiary alicyclic amines) is 1. The van der Waals surface area contributed by atoms with Crippen molar-refractivity contribution in [2.24, 2.45) is 11.8 Å². The largest absolute Gasteiger partial charge is 0.324 e. The van der Waals surface area contributed by atoms with Crippen LogP contribution in [0.25, 0.3) is 11.0 Å². The van der Waals surface area contributed by atoms with Crippen LogP contribution in [0.1, 0.15) is 12.8 Å². The predicted octanol–water partition coefficient (Wildman–Crippen LogP) is 2.39. The van der Waals surface area contributed by atoms with Crippen LogP contribution < -0.4 is 5.32 Å². The van der Waals surface area contributed by atoms with Gasteiger partial charge >= 0.3 is 6.03 Å². The van der Waals surface area contributed by atoms with Gasteiger partial charge in [-0.1, -0.05) is 12.2 Å². The molecule has 1 aliphatic carbocycles. The Hall–Kier alpha value is -2.37. The van der Waals surface area contributed by atoms with Crippen molar-refractivity contribution < 1.29 is 4.79 Å². The van der Waals surface area contributed by atoms with Crippen molar-refractivity contribution in [3.05, 3.63) is 30.4 Å². The Bertz CT molecular complexity index is 691. The maximum atomic E-state index is 12.4. The molecule has 1 aromatic heterocycles. The average molecular weight is 283 g/mol. The maximum Gasteiger partial charge on any atom is 0.321 e. The van der Waals surface area contributed by atoms with Gasteiger partial charge in [-0.05, 0) is 42.9 Å². The fraction of sp³-hybridized carbons (Fsp3) is 0.400. The van der Waals surface area contributed by atoms with Gasteiger partial charge in [0.05, 0.1) is 0 Å². The Morgan fingerprint density at radius 2 is 1.86 bits per heavy atom. The number of nitrogens with zero attached hydrogens (tertiary/aromatic N) is 3. The van der Waals surface area contributed by atoms with Crippen LogP contribution in [0.15, 0.2) is 30.4 Å². The summed E-state index contributed by atoms with van der Waals surface area (Å²) in [6.07, 6.45) is 6.67. The van der Waals surface area contributed by atoms with Gasteiger partial charge in [0, 0.05) is 18.8 Å². The Balaban J connectivity index is 1.46. The Labute approximate surface area is 122 Å². The van der Waals surface area contributed by atoms with Crippen LogP contribution >= 0.6 is 0 Å². The topological polar surface area (TPSA) is 73.9 Å². The number of carbonyl (C=O) groups excluding carboxylic acids is 1. The van der Waals surface area contributed by atoms with E-state index in [9.17, 15) is 4.79 Å². The highest BCUT2D eigenvalue weighted by atomic mass is 16.2. The van der Waals surface area contributed by atoms with Gasteiger partial charge in [-0.15, -0.1) is 0 Å². The molecule has 1 aromatic carbocycles. The summed E-state index contributed by atoms with van der Waals surface area (Å²) in [6.45, 7) is 1.71. The van der Waals surface area contributed by atoms with Crippen LogP contribution in [0, 0.1) is 11.8 Å². The van der Waals surface area contributed by atoms with Gasteiger partial charge in [-0.2, -0.15) is 15.4 Å². The third-order valence-corrected chi connectivity index (χ3v) is 4.48. The van der Waals surface area contributed by atoms with Crippen LogP contribution in [-0.4, -0.2) is 39.4 Å². The van der Waals surface area contributed by atoms with E-state index >= 15 is 0 Å². The number of rotatable bonds is 1. The summed E-state index contributed by atoms with van der Waals surface area (Å²) in [6, 6.07) is 5.52. The van der Waals surface area contributed by atoms with Crippen LogP contribution in [-0.2, 0) is 0 Å². The number of urea groups is 1. The lowest BCUT2D eigenvalue weighted by Gasteiger charge is -2.17. The normalized spacial score (nSPS) is 24.3. The molecule has 2 aliphatic rings. The van der Waals surface area contributed by atoms with Crippen LogP contribution in [0.3, 0.4) is 0 Å². The fourth-order valence-corrected chi connectivity index (χ4v) is 3.30. The van der Waals surface area contributed by atoms with Crippen LogP contribution in [0.4, 0.5) is 10.5 Å². The Kier molecular flexibility index (Phi) is 2.87. The summed E-state index contributed by atoms with van der Waals surface area (Å²) in [5.74, 6) is 1.25. The number of aromatic nitrogens is 3. The first-order valence-electron chi connectivity index (χ1n) is 7.31. The third-order valence-electron chi connectivity index (χ3n) is 4.48. The average Bonchev–Trinajstić information content (AvgIpc) is 3.13. The molecule has 4 rings (SSSR count). The second-order valence-corrected chi connectivity index (χ2v) is 5.83. The summed E-state index contributed by atoms with van der Waals surface area (Å²) in [7, 11) is 0. The third kappa shape index (κ3) is 2.26. The van der Waals surface area contributed by atoms with Crippen LogP contribution in [0.5, 0.6) is 0 Å². The molecule has 1 aliphatic heterocycles. The maximum absolute atomic E-state index is 12.4. The van der Waals surface area contributed by atoms with Crippen molar-refractivity contribution in [2.45, 2.75) is 12.8 Å². The second kappa shape index (κ2) is 4.87. The minimum Gasteiger partial charge on any atom is -0.324 e. The molecule has 2 aromatic rings. The molecule has 0 saturated carbocycles. The predicted molar refractivity (Wildman–Crippen MR) is 79.8 cm³/mol. The molecule has 0 bridgehead atoms. The zero-order valence-electron chi connectivity index (χ0n) is 11.6. The fourth-order valence-electron chi connectivity index (χ4n) is 3.30. The highest BCUT2D eigenvalue weighted by Gasteiger charge is 2.35. The number of allylic oxidation sites excluding steroid dienone is 2. The molecule has 6 nitrogen and oxygen atoms in total. The lowest BCUT2D eigenvalue weighted by molar-refractivity contribution is 0.220. The smallest absolute Gasteiger partial charge is 0.321 e. The van der Waals surface area contributed by atoms with E-state index in [0.717, 1.165) is 42.7 Å². The monoisotopic (exact) mass is 283 g/mol. The van der Waals surface area contributed by atoms with Gasteiger partial charge < -0.3 is 10.2 Å². The zero-order chi connectivity index (χ0) is 14.2. The number of carbonyl (C=O) groups is 1. The number of benzene rings is 1. The number of H-pyrrole nitrogens is 1. The van der Waals surface area contributed by atoms with Gasteiger partial charge in [0.15, 0.2) is 0 Å². The Morgan fingerprint density at radius 3 is 2.62 bits per heavy atom. The zero-order valence-corrected chi connectivity index (χ0v) is 11.6. The van der Waals surface area contributed by atoms with Gasteiger partial charge in [0.25, 0.3) is 0 Å². The van der Waals surface area contributed by atoms with E-state index in [-0.39, 0.29) is 6.03 Å². The van der Waals surface area contributed by atoms with Gasteiger partial charge in [-0.3, -0.25) is 0 Å². The number of hydrogen-bond acceptors (Lipinski definition) is 3. The first kappa shape index (κ1) is 12.4. The molecule has 0 spiro atoms. The van der Waals surface area contributed by atoms with Gasteiger partial charge in [0.2, 0.25) is 0 Å². The Morgan fingerprint density at radius 1 is 1.14 bits per heavy atom. The van der Waals surface area contributed by atoms with Gasteiger partial charge in [0.1, 0.15) is 11.0 Å². The van der Waals surface area contributed by atoms with E-state index < -0.39 is 0 Å². The number of nitrogens with one attached hydrogen (secondary N) is 2. The molecule has 2 N–H and O–H groups in total. The lowest BCUT2D eigenvalue weighted by atomic mass is 9.86. The lowest BCUT2D eigenvalue weighted by Crippen LogP contribution is -2.33. The second-order valence-electron chi connectivity index (χ2n) is 5.83. The minimum absolute atomic E-state index is 0.0211. The highest BCUT2D eigenvalue weighted by Crippen LogP contribution is 2.33. The standard InChI is InChI=1S/C15H17N5O/c21-15(20-8-10-3-1-2-4-11(10)9-20)16-12-5-6-13-14(7-12)18-19-17-13/h1-2,5-7,10-11H,3-4,8-9H2,(H,16,21)(H,17,18,19)/t10-,11+. The summed E-state index contributed by atoms with van der Waals surface area (Å²) < 4.78 is 0. The summed E-state index contributed by atoms with van der Waals surface area (Å²) >= 11 is 0. The number of hydrogen-bond donors (Lipinski definition) is 2. The SMILES string of the molecule is O=C(Nc1ccc2n[nH]nc2c1)N1C[C@H]2CC=CC[C@H]2C1. The van der Waals surface area contributed by atoms with Crippen LogP contribution in [0.2, 0.25) is 0 Å².